The fraction of sp³-hybridized carbons (Fsp3) is 0.462. The molecule has 2 atom stereocenters. The molecule has 78 valence electrons. The highest BCUT2D eigenvalue weighted by atomic mass is 35.5. The normalized spacial score (nSPS) is 23.9. The van der Waals surface area contributed by atoms with Crippen LogP contribution in [0.15, 0.2) is 18.2 Å². The first kappa shape index (κ1) is 10.5. The molecular formula is C13H14ClN. The lowest BCUT2D eigenvalue weighted by atomic mass is 10.0. The molecule has 1 aromatic carbocycles. The molecule has 0 aromatic heterocycles. The van der Waals surface area contributed by atoms with Crippen LogP contribution in [0.2, 0.25) is 5.02 Å². The Labute approximate surface area is 95.7 Å². The number of hydrogen-bond donors (Lipinski definition) is 0. The van der Waals surface area contributed by atoms with E-state index in [9.17, 15) is 0 Å². The lowest BCUT2D eigenvalue weighted by Crippen LogP contribution is -1.93. The summed E-state index contributed by atoms with van der Waals surface area (Å²) in [4.78, 5) is 0. The molecule has 1 fully saturated rings. The van der Waals surface area contributed by atoms with Crippen LogP contribution in [-0.2, 0) is 0 Å². The summed E-state index contributed by atoms with van der Waals surface area (Å²) in [5.41, 5.74) is 1.87. The Morgan fingerprint density at radius 2 is 2.20 bits per heavy atom. The van der Waals surface area contributed by atoms with Gasteiger partial charge in [-0.1, -0.05) is 31.5 Å². The third-order valence-corrected chi connectivity index (χ3v) is 3.56. The zero-order valence-corrected chi connectivity index (χ0v) is 9.75. The topological polar surface area (TPSA) is 23.8 Å². The zero-order valence-electron chi connectivity index (χ0n) is 9.00. The van der Waals surface area contributed by atoms with Crippen LogP contribution >= 0.6 is 11.6 Å². The summed E-state index contributed by atoms with van der Waals surface area (Å²) >= 11 is 5.90. The molecule has 0 saturated heterocycles. The Morgan fingerprint density at radius 1 is 1.47 bits per heavy atom. The van der Waals surface area contributed by atoms with Crippen molar-refractivity contribution in [3.05, 3.63) is 34.3 Å². The van der Waals surface area contributed by atoms with Gasteiger partial charge in [0.2, 0.25) is 0 Å². The van der Waals surface area contributed by atoms with E-state index in [2.05, 4.69) is 26.0 Å². The second-order valence-corrected chi connectivity index (χ2v) is 5.01. The van der Waals surface area contributed by atoms with Gasteiger partial charge in [0.15, 0.2) is 0 Å². The lowest BCUT2D eigenvalue weighted by Gasteiger charge is -2.04. The van der Waals surface area contributed by atoms with Crippen molar-refractivity contribution in [2.75, 3.05) is 0 Å². The van der Waals surface area contributed by atoms with Gasteiger partial charge in [0, 0.05) is 0 Å². The van der Waals surface area contributed by atoms with Crippen LogP contribution < -0.4 is 0 Å². The van der Waals surface area contributed by atoms with Crippen LogP contribution in [0, 0.1) is 23.2 Å². The van der Waals surface area contributed by atoms with Crippen molar-refractivity contribution in [3.63, 3.8) is 0 Å². The van der Waals surface area contributed by atoms with Gasteiger partial charge < -0.3 is 0 Å². The molecule has 0 unspecified atom stereocenters. The molecule has 0 N–H and O–H groups in total. The predicted molar refractivity (Wildman–Crippen MR) is 61.9 cm³/mol. The summed E-state index contributed by atoms with van der Waals surface area (Å²) in [6.45, 7) is 4.51. The number of nitrogens with zero attached hydrogens (tertiary/aromatic N) is 1. The van der Waals surface area contributed by atoms with Crippen LogP contribution in [0.4, 0.5) is 0 Å². The molecule has 1 aliphatic rings. The molecule has 0 spiro atoms. The summed E-state index contributed by atoms with van der Waals surface area (Å²) in [5.74, 6) is 2.17. The predicted octanol–water partition coefficient (Wildman–Crippen LogP) is 3.97. The third-order valence-electron chi connectivity index (χ3n) is 3.24. The van der Waals surface area contributed by atoms with E-state index in [-0.39, 0.29) is 0 Å². The van der Waals surface area contributed by atoms with Gasteiger partial charge >= 0.3 is 0 Å². The molecule has 1 aromatic rings. The number of halogens is 1. The fourth-order valence-electron chi connectivity index (χ4n) is 2.19. The zero-order chi connectivity index (χ0) is 11.0. The monoisotopic (exact) mass is 219 g/mol. The number of nitriles is 1. The highest BCUT2D eigenvalue weighted by molar-refractivity contribution is 6.31. The number of rotatable bonds is 2. The minimum atomic E-state index is 0.558. The van der Waals surface area contributed by atoms with Crippen molar-refractivity contribution >= 4 is 11.6 Å². The van der Waals surface area contributed by atoms with Gasteiger partial charge in [0.1, 0.15) is 6.07 Å². The molecule has 1 aliphatic carbocycles. The van der Waals surface area contributed by atoms with E-state index in [4.69, 9.17) is 16.9 Å². The van der Waals surface area contributed by atoms with Crippen LogP contribution in [-0.4, -0.2) is 0 Å². The molecule has 15 heavy (non-hydrogen) atoms. The minimum Gasteiger partial charge on any atom is -0.192 e. The van der Waals surface area contributed by atoms with Crippen molar-refractivity contribution in [2.45, 2.75) is 26.2 Å². The second-order valence-electron chi connectivity index (χ2n) is 4.60. The van der Waals surface area contributed by atoms with Crippen LogP contribution in [0.3, 0.4) is 0 Å². The smallest absolute Gasteiger partial charge is 0.101 e. The van der Waals surface area contributed by atoms with E-state index in [0.29, 0.717) is 16.5 Å². The summed E-state index contributed by atoms with van der Waals surface area (Å²) < 4.78 is 0. The molecule has 2 heteroatoms. The Morgan fingerprint density at radius 3 is 2.73 bits per heavy atom. The highest BCUT2D eigenvalue weighted by Crippen LogP contribution is 2.51. The first-order valence-corrected chi connectivity index (χ1v) is 5.71. The molecular weight excluding hydrogens is 206 g/mol. The van der Waals surface area contributed by atoms with Gasteiger partial charge in [-0.25, -0.2) is 0 Å². The van der Waals surface area contributed by atoms with E-state index in [0.717, 1.165) is 11.8 Å². The largest absolute Gasteiger partial charge is 0.192 e. The maximum Gasteiger partial charge on any atom is 0.101 e. The maximum absolute atomic E-state index is 8.89. The summed E-state index contributed by atoms with van der Waals surface area (Å²) in [5, 5.41) is 9.44. The molecule has 0 bridgehead atoms. The van der Waals surface area contributed by atoms with Crippen LogP contribution in [0.1, 0.15) is 37.3 Å². The van der Waals surface area contributed by atoms with Gasteiger partial charge in [0.05, 0.1) is 10.6 Å². The first-order chi connectivity index (χ1) is 7.13. The molecule has 0 radical (unpaired) electrons. The Balaban J connectivity index is 2.22. The first-order valence-electron chi connectivity index (χ1n) is 5.33. The fourth-order valence-corrected chi connectivity index (χ4v) is 2.35. The van der Waals surface area contributed by atoms with Gasteiger partial charge in [-0.05, 0) is 41.9 Å². The summed E-state index contributed by atoms with van der Waals surface area (Å²) in [7, 11) is 0. The average molecular weight is 220 g/mol. The lowest BCUT2D eigenvalue weighted by molar-refractivity contribution is 0.549. The summed E-state index contributed by atoms with van der Waals surface area (Å²) in [6.07, 6.45) is 1.25. The molecule has 0 amide bonds. The van der Waals surface area contributed by atoms with Gasteiger partial charge in [-0.3, -0.25) is 0 Å². The van der Waals surface area contributed by atoms with E-state index >= 15 is 0 Å². The van der Waals surface area contributed by atoms with Crippen molar-refractivity contribution in [2.24, 2.45) is 11.8 Å². The van der Waals surface area contributed by atoms with Crippen molar-refractivity contribution in [1.29, 1.82) is 5.26 Å². The molecule has 0 heterocycles. The number of hydrogen-bond acceptors (Lipinski definition) is 1. The SMILES string of the molecule is CC(C)[C@H]1C[C@@H]1c1ccc(Cl)c(C#N)c1. The molecule has 1 saturated carbocycles. The van der Waals surface area contributed by atoms with E-state index in [1.807, 2.05) is 12.1 Å². The Hall–Kier alpha value is -1.00. The minimum absolute atomic E-state index is 0.558. The number of benzene rings is 1. The van der Waals surface area contributed by atoms with Gasteiger partial charge in [0.25, 0.3) is 0 Å². The van der Waals surface area contributed by atoms with E-state index < -0.39 is 0 Å². The molecule has 2 rings (SSSR count). The van der Waals surface area contributed by atoms with Gasteiger partial charge in [-0.15, -0.1) is 0 Å². The quantitative estimate of drug-likeness (QED) is 0.739. The Kier molecular flexibility index (Phi) is 2.71. The third kappa shape index (κ3) is 2.01. The summed E-state index contributed by atoms with van der Waals surface area (Å²) in [6, 6.07) is 7.96. The van der Waals surface area contributed by atoms with Crippen LogP contribution in [0.25, 0.3) is 0 Å². The second kappa shape index (κ2) is 3.87. The molecule has 1 nitrogen and oxygen atoms in total. The van der Waals surface area contributed by atoms with Crippen LogP contribution in [0.5, 0.6) is 0 Å². The van der Waals surface area contributed by atoms with E-state index in [1.165, 1.54) is 12.0 Å². The standard InChI is InChI=1S/C13H14ClN/c1-8(2)11-6-12(11)9-3-4-13(14)10(5-9)7-15/h3-5,8,11-12H,6H2,1-2H3/t11-,12-/m1/s1. The van der Waals surface area contributed by atoms with Crippen molar-refractivity contribution < 1.29 is 0 Å². The van der Waals surface area contributed by atoms with Gasteiger partial charge in [-0.2, -0.15) is 5.26 Å². The maximum atomic E-state index is 8.89. The van der Waals surface area contributed by atoms with E-state index in [1.54, 1.807) is 0 Å². The van der Waals surface area contributed by atoms with Crippen molar-refractivity contribution in [1.82, 2.24) is 0 Å². The highest BCUT2D eigenvalue weighted by Gasteiger charge is 2.40. The molecule has 0 aliphatic heterocycles. The van der Waals surface area contributed by atoms with Crippen molar-refractivity contribution in [3.8, 4) is 6.07 Å². The Bertz CT molecular complexity index is 417. The average Bonchev–Trinajstić information content (AvgIpc) is 2.98.